The molecule has 1 aromatic carbocycles. The van der Waals surface area contributed by atoms with Crippen molar-refractivity contribution in [1.29, 1.82) is 0 Å². The summed E-state index contributed by atoms with van der Waals surface area (Å²) < 4.78 is 0. The molecule has 0 heterocycles. The van der Waals surface area contributed by atoms with Crippen LogP contribution in [-0.2, 0) is 0 Å². The first-order valence-corrected chi connectivity index (χ1v) is 6.27. The van der Waals surface area contributed by atoms with Gasteiger partial charge in [-0.3, -0.25) is 4.99 Å². The van der Waals surface area contributed by atoms with Crippen LogP contribution < -0.4 is 10.6 Å². The number of rotatable bonds is 2. The third-order valence-electron chi connectivity index (χ3n) is 3.28. The van der Waals surface area contributed by atoms with Crippen LogP contribution in [0.4, 0.5) is 0 Å². The van der Waals surface area contributed by atoms with E-state index in [1.54, 1.807) is 7.05 Å². The molecule has 0 aliphatic heterocycles. The van der Waals surface area contributed by atoms with Gasteiger partial charge in [0.25, 0.3) is 0 Å². The molecule has 0 saturated heterocycles. The predicted octanol–water partition coefficient (Wildman–Crippen LogP) is 2.38. The SMILES string of the molecule is CN=C(NC)NC1CC(c2ccc(Cl)cc2)C1. The van der Waals surface area contributed by atoms with E-state index >= 15 is 0 Å². The minimum atomic E-state index is 0.529. The molecule has 0 aromatic heterocycles. The molecule has 0 unspecified atom stereocenters. The summed E-state index contributed by atoms with van der Waals surface area (Å²) in [5.74, 6) is 1.52. The van der Waals surface area contributed by atoms with Crippen molar-refractivity contribution in [2.45, 2.75) is 24.8 Å². The van der Waals surface area contributed by atoms with Crippen LogP contribution in [0.1, 0.15) is 24.3 Å². The Bertz CT molecular complexity index is 394. The molecule has 3 nitrogen and oxygen atoms in total. The zero-order valence-electron chi connectivity index (χ0n) is 10.2. The molecule has 17 heavy (non-hydrogen) atoms. The maximum absolute atomic E-state index is 5.88. The third kappa shape index (κ3) is 2.91. The van der Waals surface area contributed by atoms with Gasteiger partial charge in [-0.25, -0.2) is 0 Å². The number of benzene rings is 1. The average Bonchev–Trinajstić information content (AvgIpc) is 2.30. The van der Waals surface area contributed by atoms with E-state index in [0.717, 1.165) is 23.8 Å². The van der Waals surface area contributed by atoms with Crippen LogP contribution in [-0.4, -0.2) is 26.1 Å². The highest BCUT2D eigenvalue weighted by molar-refractivity contribution is 6.30. The first kappa shape index (κ1) is 12.2. The van der Waals surface area contributed by atoms with Gasteiger partial charge in [0.05, 0.1) is 0 Å². The van der Waals surface area contributed by atoms with E-state index in [-0.39, 0.29) is 0 Å². The van der Waals surface area contributed by atoms with E-state index in [2.05, 4.69) is 27.8 Å². The fourth-order valence-electron chi connectivity index (χ4n) is 2.18. The summed E-state index contributed by atoms with van der Waals surface area (Å²) in [6.45, 7) is 0. The maximum Gasteiger partial charge on any atom is 0.190 e. The lowest BCUT2D eigenvalue weighted by molar-refractivity contribution is 0.322. The summed E-state index contributed by atoms with van der Waals surface area (Å²) >= 11 is 5.88. The van der Waals surface area contributed by atoms with Gasteiger partial charge in [-0.1, -0.05) is 23.7 Å². The van der Waals surface area contributed by atoms with Crippen molar-refractivity contribution in [2.24, 2.45) is 4.99 Å². The van der Waals surface area contributed by atoms with Gasteiger partial charge in [0.2, 0.25) is 0 Å². The number of guanidine groups is 1. The Hall–Kier alpha value is -1.22. The molecule has 92 valence electrons. The maximum atomic E-state index is 5.88. The van der Waals surface area contributed by atoms with Gasteiger partial charge in [-0.15, -0.1) is 0 Å². The van der Waals surface area contributed by atoms with Gasteiger partial charge >= 0.3 is 0 Å². The molecule has 0 radical (unpaired) electrons. The summed E-state index contributed by atoms with van der Waals surface area (Å²) in [5.41, 5.74) is 1.38. The van der Waals surface area contributed by atoms with Crippen molar-refractivity contribution in [1.82, 2.24) is 10.6 Å². The third-order valence-corrected chi connectivity index (χ3v) is 3.53. The highest BCUT2D eigenvalue weighted by Gasteiger charge is 2.30. The highest BCUT2D eigenvalue weighted by atomic mass is 35.5. The van der Waals surface area contributed by atoms with Crippen LogP contribution >= 0.6 is 11.6 Å². The van der Waals surface area contributed by atoms with E-state index in [9.17, 15) is 0 Å². The Morgan fingerprint density at radius 1 is 1.29 bits per heavy atom. The molecule has 1 aliphatic carbocycles. The molecule has 1 fully saturated rings. The lowest BCUT2D eigenvalue weighted by atomic mass is 9.76. The van der Waals surface area contributed by atoms with Crippen molar-refractivity contribution in [2.75, 3.05) is 14.1 Å². The van der Waals surface area contributed by atoms with E-state index in [1.807, 2.05) is 19.2 Å². The largest absolute Gasteiger partial charge is 0.359 e. The van der Waals surface area contributed by atoms with Crippen LogP contribution in [0.15, 0.2) is 29.3 Å². The molecule has 2 rings (SSSR count). The lowest BCUT2D eigenvalue weighted by Crippen LogP contribution is -2.47. The molecule has 1 saturated carbocycles. The van der Waals surface area contributed by atoms with Crippen molar-refractivity contribution >= 4 is 17.6 Å². The molecule has 1 aromatic rings. The minimum absolute atomic E-state index is 0.529. The van der Waals surface area contributed by atoms with Crippen molar-refractivity contribution in [3.05, 3.63) is 34.9 Å². The Kier molecular flexibility index (Phi) is 3.89. The number of aliphatic imine (C=N–C) groups is 1. The summed E-state index contributed by atoms with van der Waals surface area (Å²) in [7, 11) is 3.67. The summed E-state index contributed by atoms with van der Waals surface area (Å²) in [6.07, 6.45) is 2.31. The number of nitrogens with one attached hydrogen (secondary N) is 2. The zero-order valence-corrected chi connectivity index (χ0v) is 11.0. The standard InChI is InChI=1S/C13H18ClN3/c1-15-13(16-2)17-12-7-10(8-12)9-3-5-11(14)6-4-9/h3-6,10,12H,7-8H2,1-2H3,(H2,15,16,17). The zero-order chi connectivity index (χ0) is 12.3. The molecule has 0 amide bonds. The van der Waals surface area contributed by atoms with Gasteiger partial charge in [-0.2, -0.15) is 0 Å². The summed E-state index contributed by atoms with van der Waals surface area (Å²) in [6, 6.07) is 8.70. The molecule has 2 N–H and O–H groups in total. The van der Waals surface area contributed by atoms with Gasteiger partial charge in [0.1, 0.15) is 0 Å². The van der Waals surface area contributed by atoms with Crippen LogP contribution in [0, 0.1) is 0 Å². The van der Waals surface area contributed by atoms with E-state index in [0.29, 0.717) is 12.0 Å². The smallest absolute Gasteiger partial charge is 0.190 e. The predicted molar refractivity (Wildman–Crippen MR) is 72.8 cm³/mol. The van der Waals surface area contributed by atoms with Gasteiger partial charge in [-0.05, 0) is 36.5 Å². The van der Waals surface area contributed by atoms with E-state index in [1.165, 1.54) is 5.56 Å². The van der Waals surface area contributed by atoms with Gasteiger partial charge < -0.3 is 10.6 Å². The van der Waals surface area contributed by atoms with Crippen LogP contribution in [0.25, 0.3) is 0 Å². The second-order valence-corrected chi connectivity index (χ2v) is 4.82. The van der Waals surface area contributed by atoms with Gasteiger partial charge in [0, 0.05) is 25.2 Å². The van der Waals surface area contributed by atoms with Crippen LogP contribution in [0.3, 0.4) is 0 Å². The van der Waals surface area contributed by atoms with Gasteiger partial charge in [0.15, 0.2) is 5.96 Å². The monoisotopic (exact) mass is 251 g/mol. The first-order chi connectivity index (χ1) is 8.22. The molecule has 4 heteroatoms. The Morgan fingerprint density at radius 3 is 2.47 bits per heavy atom. The van der Waals surface area contributed by atoms with Crippen molar-refractivity contribution in [3.63, 3.8) is 0 Å². The van der Waals surface area contributed by atoms with Crippen molar-refractivity contribution < 1.29 is 0 Å². The first-order valence-electron chi connectivity index (χ1n) is 5.89. The lowest BCUT2D eigenvalue weighted by Gasteiger charge is -2.36. The van der Waals surface area contributed by atoms with Crippen LogP contribution in [0.2, 0.25) is 5.02 Å². The van der Waals surface area contributed by atoms with Crippen LogP contribution in [0.5, 0.6) is 0 Å². The topological polar surface area (TPSA) is 36.4 Å². The summed E-state index contributed by atoms with van der Waals surface area (Å²) in [5, 5.41) is 7.22. The molecule has 0 bridgehead atoms. The highest BCUT2D eigenvalue weighted by Crippen LogP contribution is 2.37. The summed E-state index contributed by atoms with van der Waals surface area (Å²) in [4.78, 5) is 4.11. The minimum Gasteiger partial charge on any atom is -0.359 e. The van der Waals surface area contributed by atoms with E-state index < -0.39 is 0 Å². The molecule has 0 spiro atoms. The molecule has 0 atom stereocenters. The Morgan fingerprint density at radius 2 is 1.94 bits per heavy atom. The number of halogens is 1. The normalized spacial score (nSPS) is 24.1. The number of nitrogens with zero attached hydrogens (tertiary/aromatic N) is 1. The van der Waals surface area contributed by atoms with E-state index in [4.69, 9.17) is 11.6 Å². The molecule has 1 aliphatic rings. The van der Waals surface area contributed by atoms with Crippen molar-refractivity contribution in [3.8, 4) is 0 Å². The number of hydrogen-bond donors (Lipinski definition) is 2. The second kappa shape index (κ2) is 5.41. The fraction of sp³-hybridized carbons (Fsp3) is 0.462. The second-order valence-electron chi connectivity index (χ2n) is 4.38. The number of hydrogen-bond acceptors (Lipinski definition) is 1. The molecular formula is C13H18ClN3. The average molecular weight is 252 g/mol. The quantitative estimate of drug-likeness (QED) is 0.626. The fourth-order valence-corrected chi connectivity index (χ4v) is 2.31. The molecular weight excluding hydrogens is 234 g/mol. The Labute approximate surface area is 107 Å². The Balaban J connectivity index is 1.84.